The number of amides is 1. The van der Waals surface area contributed by atoms with Gasteiger partial charge in [0.1, 0.15) is 0 Å². The monoisotopic (exact) mass is 369 g/mol. The van der Waals surface area contributed by atoms with Gasteiger partial charge in [0.2, 0.25) is 5.91 Å². The highest BCUT2D eigenvalue weighted by Gasteiger charge is 2.41. The van der Waals surface area contributed by atoms with Crippen LogP contribution in [0.15, 0.2) is 21.8 Å². The molecule has 0 unspecified atom stereocenters. The van der Waals surface area contributed by atoms with Gasteiger partial charge in [-0.15, -0.1) is 0 Å². The molecule has 24 heavy (non-hydrogen) atoms. The van der Waals surface area contributed by atoms with Crippen LogP contribution in [0.25, 0.3) is 0 Å². The topological polar surface area (TPSA) is 29.1 Å². The van der Waals surface area contributed by atoms with E-state index < -0.39 is 0 Å². The van der Waals surface area contributed by atoms with E-state index in [4.69, 9.17) is 23.2 Å². The minimum Gasteiger partial charge on any atom is -0.329 e. The minimum absolute atomic E-state index is 0.154. The SMILES string of the molecule is O=C(NC1=CC(Cl)=C(Cl)CC1)C1(CC2CCCCC2)CCCCC1. The van der Waals surface area contributed by atoms with E-state index in [1.54, 1.807) is 0 Å². The predicted octanol–water partition coefficient (Wildman–Crippen LogP) is 6.39. The summed E-state index contributed by atoms with van der Waals surface area (Å²) >= 11 is 12.2. The van der Waals surface area contributed by atoms with E-state index in [0.29, 0.717) is 10.1 Å². The summed E-state index contributed by atoms with van der Waals surface area (Å²) in [7, 11) is 0. The molecule has 0 radical (unpaired) electrons. The Morgan fingerprint density at radius 3 is 2.38 bits per heavy atom. The lowest BCUT2D eigenvalue weighted by Gasteiger charge is -2.39. The normalized spacial score (nSPS) is 25.3. The molecular formula is C20H29Cl2NO. The lowest BCUT2D eigenvalue weighted by Crippen LogP contribution is -2.43. The predicted molar refractivity (Wildman–Crippen MR) is 101 cm³/mol. The van der Waals surface area contributed by atoms with Gasteiger partial charge in [-0.3, -0.25) is 4.79 Å². The molecule has 2 fully saturated rings. The summed E-state index contributed by atoms with van der Waals surface area (Å²) in [4.78, 5) is 13.2. The van der Waals surface area contributed by atoms with Crippen LogP contribution in [0.3, 0.4) is 0 Å². The molecule has 3 aliphatic rings. The Hall–Kier alpha value is -0.470. The molecule has 3 rings (SSSR count). The summed E-state index contributed by atoms with van der Waals surface area (Å²) in [6, 6.07) is 0. The van der Waals surface area contributed by atoms with E-state index in [1.165, 1.54) is 51.4 Å². The van der Waals surface area contributed by atoms with Crippen LogP contribution in [0, 0.1) is 11.3 Å². The van der Waals surface area contributed by atoms with Crippen LogP contribution < -0.4 is 5.32 Å². The largest absolute Gasteiger partial charge is 0.329 e. The van der Waals surface area contributed by atoms with Crippen LogP contribution in [0.1, 0.15) is 83.5 Å². The first-order valence-corrected chi connectivity index (χ1v) is 10.4. The molecule has 0 aromatic rings. The van der Waals surface area contributed by atoms with Crippen LogP contribution in [0.2, 0.25) is 0 Å². The highest BCUT2D eigenvalue weighted by molar-refractivity contribution is 6.40. The summed E-state index contributed by atoms with van der Waals surface area (Å²) in [5, 5.41) is 4.49. The second-order valence-electron chi connectivity index (χ2n) is 7.93. The van der Waals surface area contributed by atoms with Crippen molar-refractivity contribution in [1.82, 2.24) is 5.32 Å². The maximum Gasteiger partial charge on any atom is 0.230 e. The summed E-state index contributed by atoms with van der Waals surface area (Å²) in [5.74, 6) is 0.974. The Morgan fingerprint density at radius 2 is 1.71 bits per heavy atom. The number of halogens is 2. The van der Waals surface area contributed by atoms with Crippen molar-refractivity contribution in [3.8, 4) is 0 Å². The minimum atomic E-state index is -0.154. The smallest absolute Gasteiger partial charge is 0.230 e. The molecule has 134 valence electrons. The fourth-order valence-electron chi connectivity index (χ4n) is 4.74. The first kappa shape index (κ1) is 18.3. The van der Waals surface area contributed by atoms with Crippen molar-refractivity contribution < 1.29 is 4.79 Å². The van der Waals surface area contributed by atoms with Gasteiger partial charge in [-0.05, 0) is 44.1 Å². The molecule has 0 atom stereocenters. The molecule has 0 saturated heterocycles. The molecule has 0 aliphatic heterocycles. The van der Waals surface area contributed by atoms with Crippen molar-refractivity contribution in [2.24, 2.45) is 11.3 Å². The van der Waals surface area contributed by atoms with Crippen LogP contribution in [0.5, 0.6) is 0 Å². The number of carbonyl (C=O) groups is 1. The molecule has 0 heterocycles. The van der Waals surface area contributed by atoms with Gasteiger partial charge >= 0.3 is 0 Å². The number of rotatable bonds is 4. The highest BCUT2D eigenvalue weighted by Crippen LogP contribution is 2.45. The average molecular weight is 370 g/mol. The number of allylic oxidation sites excluding steroid dienone is 4. The molecule has 0 spiro atoms. The Morgan fingerprint density at radius 1 is 1.04 bits per heavy atom. The van der Waals surface area contributed by atoms with E-state index >= 15 is 0 Å². The molecule has 0 bridgehead atoms. The van der Waals surface area contributed by atoms with Crippen molar-refractivity contribution in [2.45, 2.75) is 83.5 Å². The van der Waals surface area contributed by atoms with Crippen LogP contribution in [-0.2, 0) is 4.79 Å². The molecular weight excluding hydrogens is 341 g/mol. The summed E-state index contributed by atoms with van der Waals surface area (Å²) in [5.41, 5.74) is 0.779. The van der Waals surface area contributed by atoms with Gasteiger partial charge in [-0.25, -0.2) is 0 Å². The Kier molecular flexibility index (Phi) is 6.32. The zero-order chi connectivity index (χ0) is 17.0. The van der Waals surface area contributed by atoms with Gasteiger partial charge in [-0.2, -0.15) is 0 Å². The van der Waals surface area contributed by atoms with Crippen molar-refractivity contribution in [1.29, 1.82) is 0 Å². The molecule has 0 aromatic heterocycles. The van der Waals surface area contributed by atoms with Gasteiger partial charge in [0.25, 0.3) is 0 Å². The second kappa shape index (κ2) is 8.27. The van der Waals surface area contributed by atoms with E-state index in [1.807, 2.05) is 6.08 Å². The highest BCUT2D eigenvalue weighted by atomic mass is 35.5. The quantitative estimate of drug-likeness (QED) is 0.610. The number of carbonyl (C=O) groups excluding carboxylic acids is 1. The standard InChI is InChI=1S/C20H29Cl2NO/c21-17-10-9-16(13-18(17)22)23-19(24)20(11-5-2-6-12-20)14-15-7-3-1-4-8-15/h13,15H,1-12,14H2,(H,23,24). The number of hydrogen-bond donors (Lipinski definition) is 1. The Bertz CT molecular complexity index is 526. The van der Waals surface area contributed by atoms with Crippen molar-refractivity contribution >= 4 is 29.1 Å². The third-order valence-electron chi connectivity index (χ3n) is 6.14. The van der Waals surface area contributed by atoms with E-state index in [-0.39, 0.29) is 11.3 Å². The zero-order valence-electron chi connectivity index (χ0n) is 14.5. The molecule has 2 saturated carbocycles. The fraction of sp³-hybridized carbons (Fsp3) is 0.750. The lowest BCUT2D eigenvalue weighted by atomic mass is 9.66. The van der Waals surface area contributed by atoms with Gasteiger partial charge in [0.05, 0.1) is 5.03 Å². The number of hydrogen-bond acceptors (Lipinski definition) is 1. The summed E-state index contributed by atoms with van der Waals surface area (Å²) in [6.07, 6.45) is 16.8. The van der Waals surface area contributed by atoms with Crippen molar-refractivity contribution in [2.75, 3.05) is 0 Å². The van der Waals surface area contributed by atoms with Gasteiger partial charge in [0, 0.05) is 16.1 Å². The molecule has 1 N–H and O–H groups in total. The maximum atomic E-state index is 13.2. The maximum absolute atomic E-state index is 13.2. The average Bonchev–Trinajstić information content (AvgIpc) is 2.60. The van der Waals surface area contributed by atoms with Crippen molar-refractivity contribution in [3.05, 3.63) is 21.8 Å². The third kappa shape index (κ3) is 4.38. The fourth-order valence-corrected chi connectivity index (χ4v) is 5.12. The first-order valence-electron chi connectivity index (χ1n) is 9.65. The first-order chi connectivity index (χ1) is 11.6. The Balaban J connectivity index is 1.70. The van der Waals surface area contributed by atoms with Crippen LogP contribution in [0.4, 0.5) is 0 Å². The Labute approximate surface area is 156 Å². The van der Waals surface area contributed by atoms with Crippen LogP contribution >= 0.6 is 23.2 Å². The summed E-state index contributed by atoms with van der Waals surface area (Å²) in [6.45, 7) is 0. The van der Waals surface area contributed by atoms with Gasteiger partial charge in [0.15, 0.2) is 0 Å². The number of nitrogens with one attached hydrogen (secondary N) is 1. The molecule has 4 heteroatoms. The van der Waals surface area contributed by atoms with E-state index in [9.17, 15) is 4.79 Å². The summed E-state index contributed by atoms with van der Waals surface area (Å²) < 4.78 is 0. The van der Waals surface area contributed by atoms with Crippen molar-refractivity contribution in [3.63, 3.8) is 0 Å². The molecule has 0 aromatic carbocycles. The van der Waals surface area contributed by atoms with E-state index in [2.05, 4.69) is 5.32 Å². The third-order valence-corrected chi connectivity index (χ3v) is 6.97. The zero-order valence-corrected chi connectivity index (χ0v) is 16.0. The van der Waals surface area contributed by atoms with Gasteiger partial charge in [-0.1, -0.05) is 74.6 Å². The lowest BCUT2D eigenvalue weighted by molar-refractivity contribution is -0.133. The molecule has 3 aliphatic carbocycles. The van der Waals surface area contributed by atoms with Gasteiger partial charge < -0.3 is 5.32 Å². The van der Waals surface area contributed by atoms with Crippen LogP contribution in [-0.4, -0.2) is 5.91 Å². The van der Waals surface area contributed by atoms with E-state index in [0.717, 1.165) is 43.7 Å². The molecule has 1 amide bonds. The second-order valence-corrected chi connectivity index (χ2v) is 8.79. The molecule has 2 nitrogen and oxygen atoms in total.